The standard InChI is InChI=1S/C15H13F2N3O2S/c16-12-5-4-11(7-13(12)17)23-8-14(21)19-9-2-1-3-10(6-9)20-15(18)22/h1-7H,8H2,(H,19,21)(H3,18,20,22). The molecule has 0 atom stereocenters. The Labute approximate surface area is 135 Å². The minimum Gasteiger partial charge on any atom is -0.351 e. The highest BCUT2D eigenvalue weighted by Crippen LogP contribution is 2.21. The van der Waals surface area contributed by atoms with Crippen molar-refractivity contribution in [3.8, 4) is 0 Å². The molecule has 3 amide bonds. The van der Waals surface area contributed by atoms with Crippen molar-refractivity contribution in [3.63, 3.8) is 0 Å². The van der Waals surface area contributed by atoms with Crippen molar-refractivity contribution in [3.05, 3.63) is 54.1 Å². The van der Waals surface area contributed by atoms with E-state index in [1.54, 1.807) is 24.3 Å². The Bertz CT molecular complexity index is 740. The lowest BCUT2D eigenvalue weighted by Gasteiger charge is -2.08. The molecule has 0 aliphatic rings. The average Bonchev–Trinajstić information content (AvgIpc) is 2.48. The first-order valence-corrected chi connectivity index (χ1v) is 7.47. The molecule has 0 radical (unpaired) electrons. The zero-order chi connectivity index (χ0) is 16.8. The fourth-order valence-corrected chi connectivity index (χ4v) is 2.45. The number of urea groups is 1. The van der Waals surface area contributed by atoms with E-state index in [1.165, 1.54) is 6.07 Å². The molecule has 0 bridgehead atoms. The fraction of sp³-hybridized carbons (Fsp3) is 0.0667. The summed E-state index contributed by atoms with van der Waals surface area (Å²) in [6.07, 6.45) is 0. The minimum absolute atomic E-state index is 0.0263. The Morgan fingerprint density at radius 3 is 2.35 bits per heavy atom. The number of carbonyl (C=O) groups excluding carboxylic acids is 2. The van der Waals surface area contributed by atoms with E-state index < -0.39 is 17.7 Å². The van der Waals surface area contributed by atoms with E-state index in [2.05, 4.69) is 10.6 Å². The van der Waals surface area contributed by atoms with E-state index in [0.717, 1.165) is 23.9 Å². The number of hydrogen-bond donors (Lipinski definition) is 3. The molecule has 0 aliphatic carbocycles. The molecule has 2 aromatic carbocycles. The van der Waals surface area contributed by atoms with E-state index in [9.17, 15) is 18.4 Å². The Balaban J connectivity index is 1.91. The van der Waals surface area contributed by atoms with Gasteiger partial charge in [0.1, 0.15) is 0 Å². The van der Waals surface area contributed by atoms with Crippen molar-refractivity contribution in [2.24, 2.45) is 5.73 Å². The molecule has 120 valence electrons. The van der Waals surface area contributed by atoms with Crippen LogP contribution in [0.15, 0.2) is 47.4 Å². The van der Waals surface area contributed by atoms with Crippen LogP contribution in [-0.2, 0) is 4.79 Å². The van der Waals surface area contributed by atoms with Crippen LogP contribution < -0.4 is 16.4 Å². The van der Waals surface area contributed by atoms with E-state index in [0.29, 0.717) is 16.3 Å². The molecule has 0 saturated heterocycles. The summed E-state index contributed by atoms with van der Waals surface area (Å²) in [6.45, 7) is 0. The zero-order valence-corrected chi connectivity index (χ0v) is 12.6. The number of nitrogens with two attached hydrogens (primary N) is 1. The summed E-state index contributed by atoms with van der Waals surface area (Å²) >= 11 is 1.08. The van der Waals surface area contributed by atoms with E-state index in [-0.39, 0.29) is 11.7 Å². The molecule has 0 spiro atoms. The molecule has 0 aromatic heterocycles. The third-order valence-electron chi connectivity index (χ3n) is 2.67. The molecule has 5 nitrogen and oxygen atoms in total. The third kappa shape index (κ3) is 5.26. The SMILES string of the molecule is NC(=O)Nc1cccc(NC(=O)CSc2ccc(F)c(F)c2)c1. The summed E-state index contributed by atoms with van der Waals surface area (Å²) in [5.74, 6) is -2.19. The summed E-state index contributed by atoms with van der Waals surface area (Å²) in [5.41, 5.74) is 5.94. The molecular weight excluding hydrogens is 324 g/mol. The lowest BCUT2D eigenvalue weighted by molar-refractivity contribution is -0.113. The van der Waals surface area contributed by atoms with Gasteiger partial charge in [-0.1, -0.05) is 6.07 Å². The van der Waals surface area contributed by atoms with Crippen LogP contribution in [0.5, 0.6) is 0 Å². The number of hydrogen-bond acceptors (Lipinski definition) is 3. The normalized spacial score (nSPS) is 10.2. The first-order valence-electron chi connectivity index (χ1n) is 6.48. The van der Waals surface area contributed by atoms with Gasteiger partial charge in [-0.2, -0.15) is 0 Å². The molecular formula is C15H13F2N3O2S. The van der Waals surface area contributed by atoms with E-state index >= 15 is 0 Å². The molecule has 4 N–H and O–H groups in total. The molecule has 2 rings (SSSR count). The molecule has 8 heteroatoms. The number of nitrogens with one attached hydrogen (secondary N) is 2. The Hall–Kier alpha value is -2.61. The molecule has 0 heterocycles. The first-order chi connectivity index (χ1) is 10.9. The van der Waals surface area contributed by atoms with Gasteiger partial charge in [-0.15, -0.1) is 11.8 Å². The zero-order valence-electron chi connectivity index (χ0n) is 11.8. The summed E-state index contributed by atoms with van der Waals surface area (Å²) < 4.78 is 25.9. The van der Waals surface area contributed by atoms with E-state index in [1.807, 2.05) is 0 Å². The van der Waals surface area contributed by atoms with Crippen molar-refractivity contribution >= 4 is 35.1 Å². The van der Waals surface area contributed by atoms with Crippen LogP contribution in [-0.4, -0.2) is 17.7 Å². The predicted molar refractivity (Wildman–Crippen MR) is 85.4 cm³/mol. The topological polar surface area (TPSA) is 84.2 Å². The van der Waals surface area contributed by atoms with Gasteiger partial charge in [0.15, 0.2) is 11.6 Å². The number of benzene rings is 2. The maximum absolute atomic E-state index is 13.1. The summed E-state index contributed by atoms with van der Waals surface area (Å²) in [4.78, 5) is 23.1. The van der Waals surface area contributed by atoms with Crippen LogP contribution in [0.25, 0.3) is 0 Å². The molecule has 0 fully saturated rings. The largest absolute Gasteiger partial charge is 0.351 e. The highest BCUT2D eigenvalue weighted by Gasteiger charge is 2.07. The number of thioether (sulfide) groups is 1. The van der Waals surface area contributed by atoms with Crippen molar-refractivity contribution in [1.82, 2.24) is 0 Å². The predicted octanol–water partition coefficient (Wildman–Crippen LogP) is 3.19. The molecule has 0 aliphatic heterocycles. The lowest BCUT2D eigenvalue weighted by Crippen LogP contribution is -2.19. The van der Waals surface area contributed by atoms with Gasteiger partial charge < -0.3 is 16.4 Å². The van der Waals surface area contributed by atoms with Crippen molar-refractivity contribution in [2.45, 2.75) is 4.90 Å². The van der Waals surface area contributed by atoms with Crippen LogP contribution >= 0.6 is 11.8 Å². The number of rotatable bonds is 5. The Kier molecular flexibility index (Phi) is 5.53. The smallest absolute Gasteiger partial charge is 0.316 e. The van der Waals surface area contributed by atoms with E-state index in [4.69, 9.17) is 5.73 Å². The van der Waals surface area contributed by atoms with Gasteiger partial charge in [-0.3, -0.25) is 4.79 Å². The second-order valence-corrected chi connectivity index (χ2v) is 5.53. The molecule has 2 aromatic rings. The molecule has 0 unspecified atom stereocenters. The number of amides is 3. The Morgan fingerprint density at radius 2 is 1.70 bits per heavy atom. The van der Waals surface area contributed by atoms with Crippen LogP contribution in [0.1, 0.15) is 0 Å². The van der Waals surface area contributed by atoms with Crippen molar-refractivity contribution in [1.29, 1.82) is 0 Å². The fourth-order valence-electron chi connectivity index (χ4n) is 1.73. The highest BCUT2D eigenvalue weighted by atomic mass is 32.2. The summed E-state index contributed by atoms with van der Waals surface area (Å²) in [5, 5.41) is 5.03. The van der Waals surface area contributed by atoms with Crippen molar-refractivity contribution < 1.29 is 18.4 Å². The highest BCUT2D eigenvalue weighted by molar-refractivity contribution is 8.00. The maximum Gasteiger partial charge on any atom is 0.316 e. The van der Waals surface area contributed by atoms with Crippen LogP contribution in [0.2, 0.25) is 0 Å². The van der Waals surface area contributed by atoms with Gasteiger partial charge in [-0.05, 0) is 36.4 Å². The van der Waals surface area contributed by atoms with Crippen LogP contribution in [0.4, 0.5) is 25.0 Å². The van der Waals surface area contributed by atoms with Gasteiger partial charge in [0.25, 0.3) is 0 Å². The Morgan fingerprint density at radius 1 is 1.00 bits per heavy atom. The second-order valence-electron chi connectivity index (χ2n) is 4.48. The monoisotopic (exact) mass is 337 g/mol. The van der Waals surface area contributed by atoms with Gasteiger partial charge in [-0.25, -0.2) is 13.6 Å². The molecule has 0 saturated carbocycles. The summed E-state index contributed by atoms with van der Waals surface area (Å²) in [6, 6.07) is 9.19. The van der Waals surface area contributed by atoms with Crippen LogP contribution in [0.3, 0.4) is 0 Å². The van der Waals surface area contributed by atoms with Gasteiger partial charge >= 0.3 is 6.03 Å². The minimum atomic E-state index is -0.958. The number of anilines is 2. The quantitative estimate of drug-likeness (QED) is 0.733. The number of carbonyl (C=O) groups is 2. The van der Waals surface area contributed by atoms with Gasteiger partial charge in [0, 0.05) is 16.3 Å². The van der Waals surface area contributed by atoms with Crippen LogP contribution in [0, 0.1) is 11.6 Å². The maximum atomic E-state index is 13.1. The van der Waals surface area contributed by atoms with Gasteiger partial charge in [0.2, 0.25) is 5.91 Å². The van der Waals surface area contributed by atoms with Gasteiger partial charge in [0.05, 0.1) is 5.75 Å². The number of primary amides is 1. The third-order valence-corrected chi connectivity index (χ3v) is 3.67. The first kappa shape index (κ1) is 16.8. The molecule has 23 heavy (non-hydrogen) atoms. The lowest BCUT2D eigenvalue weighted by atomic mass is 10.3. The summed E-state index contributed by atoms with van der Waals surface area (Å²) in [7, 11) is 0. The van der Waals surface area contributed by atoms with Crippen molar-refractivity contribution in [2.75, 3.05) is 16.4 Å². The second kappa shape index (κ2) is 7.59. The average molecular weight is 337 g/mol. The number of halogens is 2.